The van der Waals surface area contributed by atoms with E-state index in [0.29, 0.717) is 41.9 Å². The Labute approximate surface area is 181 Å². The van der Waals surface area contributed by atoms with Crippen LogP contribution in [0.5, 0.6) is 0 Å². The summed E-state index contributed by atoms with van der Waals surface area (Å²) in [5.41, 5.74) is 0.537. The number of amides is 3. The number of likely N-dealkylation sites (tertiary alicyclic amines) is 1. The molecule has 0 spiro atoms. The summed E-state index contributed by atoms with van der Waals surface area (Å²) in [5.74, 6) is -0.0424. The molecule has 3 amide bonds. The molecule has 2 heterocycles. The Bertz CT molecular complexity index is 748. The predicted octanol–water partition coefficient (Wildman–Crippen LogP) is 2.90. The lowest BCUT2D eigenvalue weighted by Crippen LogP contribution is -2.58. The highest BCUT2D eigenvalue weighted by molar-refractivity contribution is 6.42. The van der Waals surface area contributed by atoms with Crippen molar-refractivity contribution in [2.45, 2.75) is 38.3 Å². The molecule has 0 bridgehead atoms. The number of benzene rings is 1. The van der Waals surface area contributed by atoms with Crippen LogP contribution in [0.3, 0.4) is 0 Å². The van der Waals surface area contributed by atoms with Gasteiger partial charge in [-0.25, -0.2) is 4.79 Å². The van der Waals surface area contributed by atoms with Crippen LogP contribution in [0, 0.1) is 0 Å². The van der Waals surface area contributed by atoms with Crippen LogP contribution in [0.15, 0.2) is 18.2 Å². The molecule has 2 unspecified atom stereocenters. The normalized spacial score (nSPS) is 23.4. The Hall–Kier alpha value is -1.54. The fourth-order valence-corrected chi connectivity index (χ4v) is 4.22. The van der Waals surface area contributed by atoms with Crippen molar-refractivity contribution in [3.63, 3.8) is 0 Å². The van der Waals surface area contributed by atoms with Crippen molar-refractivity contribution >= 4 is 40.8 Å². The average Bonchev–Trinajstić information content (AvgIpc) is 2.68. The van der Waals surface area contributed by atoms with Crippen LogP contribution in [-0.2, 0) is 4.79 Å². The zero-order valence-corrected chi connectivity index (χ0v) is 18.1. The lowest BCUT2D eigenvalue weighted by atomic mass is 10.1. The van der Waals surface area contributed by atoms with E-state index in [4.69, 9.17) is 23.2 Å². The number of urea groups is 1. The van der Waals surface area contributed by atoms with Gasteiger partial charge >= 0.3 is 6.03 Å². The second-order valence-corrected chi connectivity index (χ2v) is 8.52. The van der Waals surface area contributed by atoms with Crippen molar-refractivity contribution in [1.29, 1.82) is 0 Å². The van der Waals surface area contributed by atoms with Crippen LogP contribution < -0.4 is 5.32 Å². The van der Waals surface area contributed by atoms with Gasteiger partial charge in [-0.05, 0) is 57.5 Å². The van der Waals surface area contributed by atoms with Crippen LogP contribution in [-0.4, -0.2) is 83.2 Å². The van der Waals surface area contributed by atoms with Crippen molar-refractivity contribution in [2.75, 3.05) is 44.6 Å². The van der Waals surface area contributed by atoms with E-state index in [1.54, 1.807) is 30.0 Å². The van der Waals surface area contributed by atoms with E-state index in [2.05, 4.69) is 10.2 Å². The number of hydrogen-bond acceptors (Lipinski definition) is 4. The lowest BCUT2D eigenvalue weighted by molar-refractivity contribution is -0.139. The number of β-amino-alcohol motifs (C(OH)–C–C–N with tert-alkyl or cyclic N) is 1. The molecule has 2 aliphatic rings. The van der Waals surface area contributed by atoms with E-state index in [1.807, 2.05) is 4.90 Å². The first kappa shape index (κ1) is 22.2. The number of rotatable bonds is 5. The molecule has 29 heavy (non-hydrogen) atoms. The maximum Gasteiger partial charge on any atom is 0.322 e. The van der Waals surface area contributed by atoms with E-state index in [1.165, 1.54) is 0 Å². The molecular formula is C20H28Cl2N4O3. The highest BCUT2D eigenvalue weighted by Crippen LogP contribution is 2.25. The Balaban J connectivity index is 1.48. The SMILES string of the molecule is CC1C(=O)N(CCCN2CCCC(O)C2)CCN1C(=O)Nc1ccc(Cl)c(Cl)c1. The van der Waals surface area contributed by atoms with Gasteiger partial charge in [-0.15, -0.1) is 0 Å². The molecule has 160 valence electrons. The van der Waals surface area contributed by atoms with Crippen LogP contribution in [0.25, 0.3) is 0 Å². The number of halogens is 2. The summed E-state index contributed by atoms with van der Waals surface area (Å²) in [6, 6.07) is 4.02. The Morgan fingerprint density at radius 3 is 2.72 bits per heavy atom. The molecule has 2 aliphatic heterocycles. The van der Waals surface area contributed by atoms with E-state index < -0.39 is 6.04 Å². The Morgan fingerprint density at radius 2 is 2.00 bits per heavy atom. The topological polar surface area (TPSA) is 76.1 Å². The molecule has 0 radical (unpaired) electrons. The third-order valence-electron chi connectivity index (χ3n) is 5.56. The molecule has 9 heteroatoms. The van der Waals surface area contributed by atoms with Gasteiger partial charge in [-0.3, -0.25) is 4.79 Å². The van der Waals surface area contributed by atoms with Gasteiger partial charge in [0.2, 0.25) is 5.91 Å². The van der Waals surface area contributed by atoms with Gasteiger partial charge in [-0.1, -0.05) is 23.2 Å². The van der Waals surface area contributed by atoms with Crippen LogP contribution in [0.2, 0.25) is 10.0 Å². The first-order valence-electron chi connectivity index (χ1n) is 10.1. The summed E-state index contributed by atoms with van der Waals surface area (Å²) in [5, 5.41) is 13.3. The molecule has 0 aromatic heterocycles. The molecule has 2 atom stereocenters. The Kier molecular flexibility index (Phi) is 7.62. The van der Waals surface area contributed by atoms with Crippen molar-refractivity contribution in [3.05, 3.63) is 28.2 Å². The van der Waals surface area contributed by atoms with Gasteiger partial charge in [0.15, 0.2) is 0 Å². The molecule has 2 saturated heterocycles. The van der Waals surface area contributed by atoms with Crippen molar-refractivity contribution in [1.82, 2.24) is 14.7 Å². The highest BCUT2D eigenvalue weighted by atomic mass is 35.5. The number of carbonyl (C=O) groups is 2. The molecule has 7 nitrogen and oxygen atoms in total. The van der Waals surface area contributed by atoms with Gasteiger partial charge in [0.1, 0.15) is 6.04 Å². The maximum atomic E-state index is 12.7. The number of anilines is 1. The zero-order chi connectivity index (χ0) is 21.0. The smallest absolute Gasteiger partial charge is 0.322 e. The number of nitrogens with zero attached hydrogens (tertiary/aromatic N) is 3. The molecular weight excluding hydrogens is 415 g/mol. The molecule has 0 aliphatic carbocycles. The number of piperazine rings is 1. The minimum Gasteiger partial charge on any atom is -0.392 e. The number of hydrogen-bond donors (Lipinski definition) is 2. The van der Waals surface area contributed by atoms with Gasteiger partial charge < -0.3 is 25.1 Å². The molecule has 3 rings (SSSR count). The Morgan fingerprint density at radius 1 is 1.21 bits per heavy atom. The van der Waals surface area contributed by atoms with Gasteiger partial charge in [0.25, 0.3) is 0 Å². The van der Waals surface area contributed by atoms with Crippen LogP contribution >= 0.6 is 23.2 Å². The standard InChI is InChI=1S/C20H28Cl2N4O3/c1-14-19(28)25(9-3-8-24-7-2-4-16(27)13-24)10-11-26(14)20(29)23-15-5-6-17(21)18(22)12-15/h5-6,12,14,16,27H,2-4,7-11,13H2,1H3,(H,23,29). The average molecular weight is 443 g/mol. The number of aliphatic hydroxyl groups is 1. The van der Waals surface area contributed by atoms with E-state index >= 15 is 0 Å². The molecule has 2 fully saturated rings. The van der Waals surface area contributed by atoms with Gasteiger partial charge in [0, 0.05) is 31.9 Å². The first-order chi connectivity index (χ1) is 13.8. The van der Waals surface area contributed by atoms with Crippen LogP contribution in [0.4, 0.5) is 10.5 Å². The number of piperidine rings is 1. The minimum absolute atomic E-state index is 0.0424. The van der Waals surface area contributed by atoms with E-state index in [-0.39, 0.29) is 18.0 Å². The fraction of sp³-hybridized carbons (Fsp3) is 0.600. The molecule has 1 aromatic carbocycles. The quantitative estimate of drug-likeness (QED) is 0.734. The molecule has 1 aromatic rings. The summed E-state index contributed by atoms with van der Waals surface area (Å²) < 4.78 is 0. The lowest BCUT2D eigenvalue weighted by Gasteiger charge is -2.39. The largest absolute Gasteiger partial charge is 0.392 e. The summed E-state index contributed by atoms with van der Waals surface area (Å²) >= 11 is 11.9. The summed E-state index contributed by atoms with van der Waals surface area (Å²) in [4.78, 5) is 31.0. The van der Waals surface area contributed by atoms with E-state index in [9.17, 15) is 14.7 Å². The second-order valence-electron chi connectivity index (χ2n) is 7.70. The zero-order valence-electron chi connectivity index (χ0n) is 16.6. The molecule has 2 N–H and O–H groups in total. The second kappa shape index (κ2) is 9.98. The number of nitrogens with one attached hydrogen (secondary N) is 1. The monoisotopic (exact) mass is 442 g/mol. The van der Waals surface area contributed by atoms with Gasteiger partial charge in [-0.2, -0.15) is 0 Å². The third-order valence-corrected chi connectivity index (χ3v) is 6.30. The van der Waals surface area contributed by atoms with E-state index in [0.717, 1.165) is 32.4 Å². The van der Waals surface area contributed by atoms with Gasteiger partial charge in [0.05, 0.1) is 16.1 Å². The molecule has 0 saturated carbocycles. The number of aliphatic hydroxyl groups excluding tert-OH is 1. The highest BCUT2D eigenvalue weighted by Gasteiger charge is 2.34. The summed E-state index contributed by atoms with van der Waals surface area (Å²) in [6.07, 6.45) is 2.52. The first-order valence-corrected chi connectivity index (χ1v) is 10.8. The minimum atomic E-state index is -0.525. The van der Waals surface area contributed by atoms with Crippen molar-refractivity contribution in [3.8, 4) is 0 Å². The summed E-state index contributed by atoms with van der Waals surface area (Å²) in [7, 11) is 0. The predicted molar refractivity (Wildman–Crippen MR) is 115 cm³/mol. The van der Waals surface area contributed by atoms with Crippen molar-refractivity contribution in [2.24, 2.45) is 0 Å². The van der Waals surface area contributed by atoms with Crippen LogP contribution in [0.1, 0.15) is 26.2 Å². The number of carbonyl (C=O) groups excluding carboxylic acids is 2. The fourth-order valence-electron chi connectivity index (χ4n) is 3.92. The van der Waals surface area contributed by atoms with Crippen molar-refractivity contribution < 1.29 is 14.7 Å². The summed E-state index contributed by atoms with van der Waals surface area (Å²) in [6.45, 7) is 6.00. The third kappa shape index (κ3) is 5.75. The maximum absolute atomic E-state index is 12.7.